The number of hydrogen-bond acceptors (Lipinski definition) is 2. The maximum Gasteiger partial charge on any atom is 0.233 e. The predicted molar refractivity (Wildman–Crippen MR) is 68.8 cm³/mol. The SMILES string of the molecule is C[C@H](Br)C(=O)NC1[C@H]2CC3C[C@H]1CC(O)(C3)C2. The summed E-state index contributed by atoms with van der Waals surface area (Å²) < 4.78 is 0. The highest BCUT2D eigenvalue weighted by atomic mass is 79.9. The molecule has 0 unspecified atom stereocenters. The first kappa shape index (κ1) is 12.0. The van der Waals surface area contributed by atoms with Crippen LogP contribution in [0.2, 0.25) is 0 Å². The predicted octanol–water partition coefficient (Wildman–Crippen LogP) is 1.83. The summed E-state index contributed by atoms with van der Waals surface area (Å²) in [4.78, 5) is 11.7. The van der Waals surface area contributed by atoms with Crippen LogP contribution in [0.1, 0.15) is 39.0 Å². The Morgan fingerprint density at radius 1 is 1.35 bits per heavy atom. The molecule has 1 amide bonds. The molecule has 4 fully saturated rings. The van der Waals surface area contributed by atoms with E-state index in [1.165, 1.54) is 12.8 Å². The molecule has 17 heavy (non-hydrogen) atoms. The zero-order chi connectivity index (χ0) is 12.2. The van der Waals surface area contributed by atoms with Gasteiger partial charge in [0.1, 0.15) is 0 Å². The van der Waals surface area contributed by atoms with Crippen LogP contribution < -0.4 is 5.32 Å². The summed E-state index contributed by atoms with van der Waals surface area (Å²) >= 11 is 3.32. The molecule has 0 aliphatic heterocycles. The zero-order valence-corrected chi connectivity index (χ0v) is 11.7. The van der Waals surface area contributed by atoms with E-state index in [9.17, 15) is 9.90 Å². The topological polar surface area (TPSA) is 49.3 Å². The second kappa shape index (κ2) is 3.95. The normalized spacial score (nSPS) is 49.1. The maximum atomic E-state index is 11.8. The molecular weight excluding hydrogens is 282 g/mol. The molecule has 4 rings (SSSR count). The third-order valence-corrected chi connectivity index (χ3v) is 5.33. The van der Waals surface area contributed by atoms with Gasteiger partial charge in [0.25, 0.3) is 0 Å². The van der Waals surface area contributed by atoms with Gasteiger partial charge < -0.3 is 10.4 Å². The van der Waals surface area contributed by atoms with Crippen molar-refractivity contribution in [2.45, 2.75) is 55.5 Å². The molecule has 0 aromatic rings. The molecule has 4 bridgehead atoms. The summed E-state index contributed by atoms with van der Waals surface area (Å²) in [5, 5.41) is 13.6. The van der Waals surface area contributed by atoms with Gasteiger partial charge in [-0.25, -0.2) is 0 Å². The summed E-state index contributed by atoms with van der Waals surface area (Å²) in [5.74, 6) is 1.80. The van der Waals surface area contributed by atoms with Crippen molar-refractivity contribution in [2.75, 3.05) is 0 Å². The van der Waals surface area contributed by atoms with Crippen molar-refractivity contribution < 1.29 is 9.90 Å². The first-order valence-electron chi connectivity index (χ1n) is 6.64. The van der Waals surface area contributed by atoms with Gasteiger partial charge in [-0.3, -0.25) is 4.79 Å². The summed E-state index contributed by atoms with van der Waals surface area (Å²) in [6, 6.07) is 0.305. The Morgan fingerprint density at radius 2 is 1.94 bits per heavy atom. The smallest absolute Gasteiger partial charge is 0.233 e. The van der Waals surface area contributed by atoms with Crippen LogP contribution in [0.15, 0.2) is 0 Å². The van der Waals surface area contributed by atoms with Crippen LogP contribution in [0.4, 0.5) is 0 Å². The van der Waals surface area contributed by atoms with Crippen LogP contribution in [-0.2, 0) is 4.79 Å². The maximum absolute atomic E-state index is 11.8. The quantitative estimate of drug-likeness (QED) is 0.765. The van der Waals surface area contributed by atoms with Crippen molar-refractivity contribution in [3.8, 4) is 0 Å². The highest BCUT2D eigenvalue weighted by Gasteiger charge is 2.55. The van der Waals surface area contributed by atoms with E-state index in [4.69, 9.17) is 0 Å². The number of aliphatic hydroxyl groups is 1. The van der Waals surface area contributed by atoms with E-state index in [-0.39, 0.29) is 10.7 Å². The summed E-state index contributed by atoms with van der Waals surface area (Å²) in [6.07, 6.45) is 5.17. The van der Waals surface area contributed by atoms with Gasteiger partial charge in [-0.2, -0.15) is 0 Å². The van der Waals surface area contributed by atoms with Crippen LogP contribution in [0, 0.1) is 17.8 Å². The molecule has 0 spiro atoms. The number of carbonyl (C=O) groups excluding carboxylic acids is 1. The number of hydrogen-bond donors (Lipinski definition) is 2. The molecular formula is C13H20BrNO2. The van der Waals surface area contributed by atoms with E-state index in [1.807, 2.05) is 6.92 Å². The van der Waals surface area contributed by atoms with Gasteiger partial charge in [0.15, 0.2) is 0 Å². The molecule has 0 aromatic heterocycles. The third-order valence-electron chi connectivity index (χ3n) is 4.91. The van der Waals surface area contributed by atoms with Crippen molar-refractivity contribution in [3.63, 3.8) is 0 Å². The largest absolute Gasteiger partial charge is 0.390 e. The second-order valence-electron chi connectivity index (χ2n) is 6.34. The van der Waals surface area contributed by atoms with E-state index in [1.54, 1.807) is 0 Å². The summed E-state index contributed by atoms with van der Waals surface area (Å²) in [6.45, 7) is 1.86. The first-order chi connectivity index (χ1) is 7.97. The lowest BCUT2D eigenvalue weighted by atomic mass is 9.52. The fourth-order valence-corrected chi connectivity index (χ4v) is 4.63. The Labute approximate surface area is 110 Å². The highest BCUT2D eigenvalue weighted by molar-refractivity contribution is 9.10. The van der Waals surface area contributed by atoms with E-state index in [2.05, 4.69) is 21.2 Å². The Kier molecular flexibility index (Phi) is 2.78. The van der Waals surface area contributed by atoms with E-state index >= 15 is 0 Å². The number of amides is 1. The number of halogens is 1. The van der Waals surface area contributed by atoms with Crippen molar-refractivity contribution in [2.24, 2.45) is 17.8 Å². The molecule has 4 aliphatic rings. The van der Waals surface area contributed by atoms with Gasteiger partial charge in [0, 0.05) is 6.04 Å². The van der Waals surface area contributed by atoms with Crippen LogP contribution in [0.3, 0.4) is 0 Å². The number of carbonyl (C=O) groups is 1. The lowest BCUT2D eigenvalue weighted by Crippen LogP contribution is -2.62. The Bertz CT molecular complexity index is 328. The fraction of sp³-hybridized carbons (Fsp3) is 0.923. The Morgan fingerprint density at radius 3 is 2.41 bits per heavy atom. The summed E-state index contributed by atoms with van der Waals surface area (Å²) in [7, 11) is 0. The Hall–Kier alpha value is -0.0900. The minimum Gasteiger partial charge on any atom is -0.390 e. The molecule has 2 N–H and O–H groups in total. The van der Waals surface area contributed by atoms with Crippen molar-refractivity contribution in [1.82, 2.24) is 5.32 Å². The van der Waals surface area contributed by atoms with E-state index in [0.717, 1.165) is 19.3 Å². The summed E-state index contributed by atoms with van der Waals surface area (Å²) in [5.41, 5.74) is -0.405. The van der Waals surface area contributed by atoms with Gasteiger partial charge in [-0.15, -0.1) is 0 Å². The molecule has 3 nitrogen and oxygen atoms in total. The van der Waals surface area contributed by atoms with Gasteiger partial charge in [-0.1, -0.05) is 15.9 Å². The van der Waals surface area contributed by atoms with Crippen LogP contribution >= 0.6 is 15.9 Å². The van der Waals surface area contributed by atoms with Crippen molar-refractivity contribution in [3.05, 3.63) is 0 Å². The molecule has 0 aromatic carbocycles. The lowest BCUT2D eigenvalue weighted by molar-refractivity contribution is -0.146. The standard InChI is InChI=1S/C13H20BrNO2/c1-7(14)12(16)15-11-9-2-8-3-10(11)6-13(17,4-8)5-9/h7-11,17H,2-6H2,1H3,(H,15,16)/t7-,8?,9-,10-,11?,13?/m0/s1. The molecule has 3 atom stereocenters. The van der Waals surface area contributed by atoms with Crippen LogP contribution in [-0.4, -0.2) is 27.5 Å². The number of alkyl halides is 1. The monoisotopic (exact) mass is 301 g/mol. The lowest BCUT2D eigenvalue weighted by Gasteiger charge is -2.58. The van der Waals surface area contributed by atoms with Crippen LogP contribution in [0.25, 0.3) is 0 Å². The second-order valence-corrected chi connectivity index (χ2v) is 7.72. The van der Waals surface area contributed by atoms with Crippen molar-refractivity contribution >= 4 is 21.8 Å². The third kappa shape index (κ3) is 2.03. The molecule has 96 valence electrons. The van der Waals surface area contributed by atoms with Gasteiger partial charge in [0.05, 0.1) is 10.4 Å². The number of rotatable bonds is 2. The molecule has 0 saturated heterocycles. The average Bonchev–Trinajstić information content (AvgIpc) is 2.20. The minimum absolute atomic E-state index is 0.0921. The van der Waals surface area contributed by atoms with Gasteiger partial charge in [0.2, 0.25) is 5.91 Å². The number of nitrogens with one attached hydrogen (secondary N) is 1. The van der Waals surface area contributed by atoms with E-state index in [0.29, 0.717) is 23.8 Å². The zero-order valence-electron chi connectivity index (χ0n) is 10.2. The average molecular weight is 302 g/mol. The molecule has 4 heteroatoms. The van der Waals surface area contributed by atoms with Crippen molar-refractivity contribution in [1.29, 1.82) is 0 Å². The fourth-order valence-electron chi connectivity index (χ4n) is 4.50. The van der Waals surface area contributed by atoms with E-state index < -0.39 is 5.60 Å². The Balaban J connectivity index is 1.74. The minimum atomic E-state index is -0.405. The molecule has 0 radical (unpaired) electrons. The van der Waals surface area contributed by atoms with Gasteiger partial charge >= 0.3 is 0 Å². The van der Waals surface area contributed by atoms with Crippen LogP contribution in [0.5, 0.6) is 0 Å². The highest BCUT2D eigenvalue weighted by Crippen LogP contribution is 2.55. The molecule has 0 heterocycles. The first-order valence-corrected chi connectivity index (χ1v) is 7.55. The molecule has 4 aliphatic carbocycles. The molecule has 4 saturated carbocycles. The van der Waals surface area contributed by atoms with Gasteiger partial charge in [-0.05, 0) is 56.8 Å².